The number of benzene rings is 2. The molecule has 1 fully saturated rings. The first-order valence-corrected chi connectivity index (χ1v) is 10.0. The molecule has 1 aromatic heterocycles. The van der Waals surface area contributed by atoms with Crippen LogP contribution in [0.15, 0.2) is 68.9 Å². The molecule has 0 aliphatic carbocycles. The van der Waals surface area contributed by atoms with Crippen LogP contribution >= 0.6 is 11.8 Å². The number of carboxylic acid groups (broad SMARTS) is 1. The van der Waals surface area contributed by atoms with Crippen molar-refractivity contribution in [1.29, 1.82) is 0 Å². The summed E-state index contributed by atoms with van der Waals surface area (Å²) in [6, 6.07) is 16.0. The maximum atomic E-state index is 12.3. The Morgan fingerprint density at radius 3 is 2.57 bits per heavy atom. The van der Waals surface area contributed by atoms with Crippen LogP contribution < -0.4 is 5.32 Å². The Morgan fingerprint density at radius 1 is 1.10 bits per heavy atom. The summed E-state index contributed by atoms with van der Waals surface area (Å²) in [6.07, 6.45) is 1.62. The van der Waals surface area contributed by atoms with Crippen LogP contribution in [0.25, 0.3) is 17.4 Å². The van der Waals surface area contributed by atoms with E-state index in [4.69, 9.17) is 4.42 Å². The molecule has 1 aliphatic rings. The molecule has 0 radical (unpaired) electrons. The van der Waals surface area contributed by atoms with E-state index < -0.39 is 5.97 Å². The quantitative estimate of drug-likeness (QED) is 0.572. The van der Waals surface area contributed by atoms with Gasteiger partial charge in [-0.15, -0.1) is 0 Å². The van der Waals surface area contributed by atoms with E-state index in [0.29, 0.717) is 27.2 Å². The zero-order chi connectivity index (χ0) is 21.3. The Hall–Kier alpha value is -3.58. The van der Waals surface area contributed by atoms with Gasteiger partial charge in [0.05, 0.1) is 16.2 Å². The summed E-state index contributed by atoms with van der Waals surface area (Å²) in [5, 5.41) is 12.6. The van der Waals surface area contributed by atoms with Crippen LogP contribution in [0.1, 0.15) is 27.2 Å². The monoisotopic (exact) mass is 418 g/mol. The lowest BCUT2D eigenvalue weighted by molar-refractivity contribution is -0.115. The fraction of sp³-hybridized carbons (Fsp3) is 0.0870. The molecule has 6 nitrogen and oxygen atoms in total. The molecule has 2 N–H and O–H groups in total. The molecule has 2 aromatic carbocycles. The van der Waals surface area contributed by atoms with Crippen molar-refractivity contribution >= 4 is 40.6 Å². The van der Waals surface area contributed by atoms with Crippen LogP contribution in [0.4, 0.5) is 5.69 Å². The Morgan fingerprint density at radius 2 is 1.83 bits per heavy atom. The van der Waals surface area contributed by atoms with Gasteiger partial charge in [0.2, 0.25) is 0 Å². The highest BCUT2D eigenvalue weighted by Crippen LogP contribution is 2.31. The predicted molar refractivity (Wildman–Crippen MR) is 118 cm³/mol. The van der Waals surface area contributed by atoms with Crippen LogP contribution in [-0.4, -0.2) is 22.2 Å². The summed E-state index contributed by atoms with van der Waals surface area (Å²) in [5.41, 5.74) is 3.62. The number of amidine groups is 1. The van der Waals surface area contributed by atoms with Crippen molar-refractivity contribution in [2.75, 3.05) is 0 Å². The first-order valence-electron chi connectivity index (χ1n) is 9.19. The van der Waals surface area contributed by atoms with E-state index in [0.717, 1.165) is 16.8 Å². The van der Waals surface area contributed by atoms with Crippen molar-refractivity contribution in [3.8, 4) is 11.3 Å². The largest absolute Gasteiger partial charge is 0.478 e. The highest BCUT2D eigenvalue weighted by molar-refractivity contribution is 8.18. The van der Waals surface area contributed by atoms with Crippen LogP contribution in [0.2, 0.25) is 0 Å². The molecular weight excluding hydrogens is 400 g/mol. The Kier molecular flexibility index (Phi) is 5.29. The molecular formula is C23H18N2O4S. The lowest BCUT2D eigenvalue weighted by atomic mass is 10.1. The third-order valence-corrected chi connectivity index (χ3v) is 5.32. The topological polar surface area (TPSA) is 91.9 Å². The second-order valence-corrected chi connectivity index (χ2v) is 7.91. The lowest BCUT2D eigenvalue weighted by Gasteiger charge is -2.02. The van der Waals surface area contributed by atoms with Crippen LogP contribution in [0.5, 0.6) is 0 Å². The average Bonchev–Trinajstić information content (AvgIpc) is 3.28. The SMILES string of the molecule is Cc1cc(C)cc(N=C2NC(=O)C(=Cc3ccc(-c4ccccc4C(=O)O)o3)S2)c1. The van der Waals surface area contributed by atoms with Gasteiger partial charge >= 0.3 is 5.97 Å². The summed E-state index contributed by atoms with van der Waals surface area (Å²) in [4.78, 5) is 28.7. The highest BCUT2D eigenvalue weighted by atomic mass is 32.2. The van der Waals surface area contributed by atoms with Gasteiger partial charge in [0, 0.05) is 11.6 Å². The Bertz CT molecular complexity index is 1200. The van der Waals surface area contributed by atoms with Gasteiger partial charge < -0.3 is 14.8 Å². The minimum Gasteiger partial charge on any atom is -0.478 e. The number of carbonyl (C=O) groups is 2. The van der Waals surface area contributed by atoms with E-state index >= 15 is 0 Å². The second kappa shape index (κ2) is 8.04. The number of aryl methyl sites for hydroxylation is 2. The van der Waals surface area contributed by atoms with E-state index in [1.807, 2.05) is 26.0 Å². The molecule has 1 aliphatic heterocycles. The number of carboxylic acids is 1. The molecule has 150 valence electrons. The number of aliphatic imine (C=N–C) groups is 1. The summed E-state index contributed by atoms with van der Waals surface area (Å²) >= 11 is 1.23. The van der Waals surface area contributed by atoms with Gasteiger partial charge in [-0.25, -0.2) is 9.79 Å². The summed E-state index contributed by atoms with van der Waals surface area (Å²) in [7, 11) is 0. The number of hydrogen-bond acceptors (Lipinski definition) is 5. The number of rotatable bonds is 4. The van der Waals surface area contributed by atoms with Gasteiger partial charge in [-0.05, 0) is 67.1 Å². The highest BCUT2D eigenvalue weighted by Gasteiger charge is 2.24. The minimum absolute atomic E-state index is 0.155. The van der Waals surface area contributed by atoms with E-state index in [-0.39, 0.29) is 11.5 Å². The van der Waals surface area contributed by atoms with Crippen molar-refractivity contribution in [2.24, 2.45) is 4.99 Å². The van der Waals surface area contributed by atoms with E-state index in [1.54, 1.807) is 36.4 Å². The molecule has 0 atom stereocenters. The molecule has 0 unspecified atom stereocenters. The molecule has 4 rings (SSSR count). The third-order valence-electron chi connectivity index (χ3n) is 4.41. The molecule has 1 saturated heterocycles. The number of aromatic carboxylic acids is 1. The van der Waals surface area contributed by atoms with Gasteiger partial charge in [0.25, 0.3) is 5.91 Å². The predicted octanol–water partition coefficient (Wildman–Crippen LogP) is 5.15. The maximum absolute atomic E-state index is 12.3. The molecule has 0 spiro atoms. The van der Waals surface area contributed by atoms with Crippen molar-refractivity contribution in [3.63, 3.8) is 0 Å². The number of nitrogens with zero attached hydrogens (tertiary/aromatic N) is 1. The van der Waals surface area contributed by atoms with Crippen LogP contribution in [-0.2, 0) is 4.79 Å². The standard InChI is InChI=1S/C23H18N2O4S/c1-13-9-14(2)11-15(10-13)24-23-25-21(26)20(30-23)12-16-7-8-19(29-16)17-5-3-4-6-18(17)22(27)28/h3-12H,1-2H3,(H,27,28)(H,24,25,26). The molecule has 7 heteroatoms. The number of hydrogen-bond donors (Lipinski definition) is 2. The van der Waals surface area contributed by atoms with Gasteiger partial charge in [-0.1, -0.05) is 24.3 Å². The molecule has 0 saturated carbocycles. The number of thioether (sulfide) groups is 1. The third kappa shape index (κ3) is 4.21. The Balaban J connectivity index is 1.59. The minimum atomic E-state index is -1.03. The van der Waals surface area contributed by atoms with Crippen molar-refractivity contribution in [1.82, 2.24) is 5.32 Å². The summed E-state index contributed by atoms with van der Waals surface area (Å²) < 4.78 is 5.78. The summed E-state index contributed by atoms with van der Waals surface area (Å²) in [6.45, 7) is 4.00. The van der Waals surface area contributed by atoms with Crippen molar-refractivity contribution in [3.05, 3.63) is 82.0 Å². The molecule has 3 aromatic rings. The van der Waals surface area contributed by atoms with Gasteiger partial charge in [-0.2, -0.15) is 0 Å². The van der Waals surface area contributed by atoms with Crippen LogP contribution in [0, 0.1) is 13.8 Å². The van der Waals surface area contributed by atoms with Crippen LogP contribution in [0.3, 0.4) is 0 Å². The number of nitrogens with one attached hydrogen (secondary N) is 1. The average molecular weight is 418 g/mol. The molecule has 0 bridgehead atoms. The van der Waals surface area contributed by atoms with Gasteiger partial charge in [0.15, 0.2) is 5.17 Å². The zero-order valence-corrected chi connectivity index (χ0v) is 17.1. The fourth-order valence-electron chi connectivity index (χ4n) is 3.20. The number of amides is 1. The summed E-state index contributed by atoms with van der Waals surface area (Å²) in [5.74, 6) is -0.408. The zero-order valence-electron chi connectivity index (χ0n) is 16.3. The molecule has 2 heterocycles. The van der Waals surface area contributed by atoms with Crippen molar-refractivity contribution < 1.29 is 19.1 Å². The van der Waals surface area contributed by atoms with Crippen molar-refractivity contribution in [2.45, 2.75) is 13.8 Å². The maximum Gasteiger partial charge on any atom is 0.336 e. The Labute approximate surface area is 177 Å². The smallest absolute Gasteiger partial charge is 0.336 e. The first kappa shape index (κ1) is 19.7. The number of carbonyl (C=O) groups excluding carboxylic acids is 1. The van der Waals surface area contributed by atoms with E-state index in [9.17, 15) is 14.7 Å². The lowest BCUT2D eigenvalue weighted by Crippen LogP contribution is -2.19. The second-order valence-electron chi connectivity index (χ2n) is 6.88. The number of furan rings is 1. The first-order chi connectivity index (χ1) is 14.4. The molecule has 30 heavy (non-hydrogen) atoms. The normalized spacial score (nSPS) is 16.3. The molecule has 1 amide bonds. The van der Waals surface area contributed by atoms with E-state index in [1.165, 1.54) is 17.8 Å². The van der Waals surface area contributed by atoms with E-state index in [2.05, 4.69) is 16.4 Å². The van der Waals surface area contributed by atoms with Gasteiger partial charge in [0.1, 0.15) is 11.5 Å². The fourth-order valence-corrected chi connectivity index (χ4v) is 4.02. The van der Waals surface area contributed by atoms with Gasteiger partial charge in [-0.3, -0.25) is 4.79 Å².